The third kappa shape index (κ3) is 14.1. The summed E-state index contributed by atoms with van der Waals surface area (Å²) in [6.45, 7) is 16.8. The molecule has 6 aromatic heterocycles. The molecule has 0 bridgehead atoms. The van der Waals surface area contributed by atoms with E-state index in [2.05, 4.69) is 136 Å². The molecule has 0 fully saturated rings. The molecule has 0 saturated heterocycles. The van der Waals surface area contributed by atoms with Gasteiger partial charge < -0.3 is 4.57 Å². The topological polar surface area (TPSA) is 43.2 Å². The Morgan fingerprint density at radius 1 is 0.689 bits per heavy atom. The quantitative estimate of drug-likeness (QED) is 0.197. The van der Waals surface area contributed by atoms with Crippen LogP contribution in [0.2, 0.25) is 0 Å². The molecule has 6 aromatic rings. The van der Waals surface area contributed by atoms with Crippen LogP contribution in [0.5, 0.6) is 0 Å². The summed E-state index contributed by atoms with van der Waals surface area (Å²) < 4.78 is 14.7. The zero-order valence-corrected chi connectivity index (χ0v) is 32.6. The molecule has 0 aliphatic carbocycles. The first-order valence-electron chi connectivity index (χ1n) is 14.8. The number of hydrogen-bond donors (Lipinski definition) is 0. The highest BCUT2D eigenvalue weighted by Gasteiger charge is 2.14. The Balaban J connectivity index is 0.000000272. The van der Waals surface area contributed by atoms with E-state index in [-0.39, 0.29) is 0 Å². The minimum atomic E-state index is 1.06. The average molecular weight is 673 g/mol. The number of thiophene rings is 1. The molecule has 0 aromatic carbocycles. The maximum Gasteiger partial charge on any atom is 0.253 e. The Morgan fingerprint density at radius 3 is 1.49 bits per heavy atom. The summed E-state index contributed by atoms with van der Waals surface area (Å²) in [6, 6.07) is 4.16. The van der Waals surface area contributed by atoms with Crippen LogP contribution >= 0.6 is 34.0 Å². The van der Waals surface area contributed by atoms with E-state index in [9.17, 15) is 0 Å². The number of nitrogens with zero attached hydrogens (tertiary/aromatic N) is 8. The van der Waals surface area contributed by atoms with E-state index in [1.54, 1.807) is 40.2 Å². The predicted molar refractivity (Wildman–Crippen MR) is 190 cm³/mol. The maximum atomic E-state index is 3.98. The van der Waals surface area contributed by atoms with Crippen molar-refractivity contribution in [2.24, 2.45) is 49.3 Å². The molecule has 0 aliphatic rings. The van der Waals surface area contributed by atoms with Gasteiger partial charge in [0.05, 0.1) is 38.4 Å². The molecule has 0 aliphatic heterocycles. The van der Waals surface area contributed by atoms with E-state index in [1.165, 1.54) is 37.8 Å². The lowest BCUT2D eigenvalue weighted by molar-refractivity contribution is -0.683. The third-order valence-electron chi connectivity index (χ3n) is 7.57. The van der Waals surface area contributed by atoms with Crippen LogP contribution in [0.15, 0.2) is 65.6 Å². The summed E-state index contributed by atoms with van der Waals surface area (Å²) in [7, 11) is 14.3. The molecule has 0 amide bonds. The smallest absolute Gasteiger partial charge is 0.253 e. The Kier molecular flexibility index (Phi) is 17.5. The van der Waals surface area contributed by atoms with Gasteiger partial charge >= 0.3 is 0 Å². The zero-order chi connectivity index (χ0) is 34.3. The van der Waals surface area contributed by atoms with Crippen molar-refractivity contribution in [1.82, 2.24) is 18.7 Å². The number of hydrogen-bond acceptors (Lipinski definition) is 4. The molecule has 0 atom stereocenters. The van der Waals surface area contributed by atoms with Gasteiger partial charge in [0.2, 0.25) is 10.5 Å². The van der Waals surface area contributed by atoms with Gasteiger partial charge in [0, 0.05) is 58.9 Å². The number of rotatable bonds is 0. The van der Waals surface area contributed by atoms with Crippen molar-refractivity contribution in [2.75, 3.05) is 0 Å². The lowest BCUT2D eigenvalue weighted by atomic mass is 10.4. The van der Waals surface area contributed by atoms with Gasteiger partial charge in [-0.2, -0.15) is 9.13 Å². The van der Waals surface area contributed by atoms with Crippen LogP contribution in [0.3, 0.4) is 0 Å². The minimum absolute atomic E-state index is 1.06. The van der Waals surface area contributed by atoms with Crippen molar-refractivity contribution in [3.05, 3.63) is 109 Å². The van der Waals surface area contributed by atoms with E-state index >= 15 is 0 Å². The summed E-state index contributed by atoms with van der Waals surface area (Å²) in [4.78, 5) is 6.73. The standard InChI is InChI=1S/C8H15N2.C6H11N2.C5H8N2.2C5H8NS.C5H6S/c1-6-7(2)10(5)8(3)9(6)4;1-6-7(2)4-5-8(6)3;1-5-6-3-4-7(5)2;1-5-3-6(2)4-7-5;1-5-6(2)3-4-7-5;1-5-3-2-4-6-5/h1-5H3;4-5H,1-3H3;3*3-4H,1-2H3;2-4H,1H3/q2*+1;;2*+1;. The van der Waals surface area contributed by atoms with Gasteiger partial charge in [-0.1, -0.05) is 28.7 Å². The lowest BCUT2D eigenvalue weighted by Crippen LogP contribution is -2.32. The fourth-order valence-electron chi connectivity index (χ4n) is 3.58. The fraction of sp³-hybridized carbons (Fsp3) is 0.441. The van der Waals surface area contributed by atoms with Crippen LogP contribution in [0.1, 0.15) is 43.6 Å². The van der Waals surface area contributed by atoms with E-state index in [4.69, 9.17) is 0 Å². The van der Waals surface area contributed by atoms with Crippen molar-refractivity contribution in [3.8, 4) is 0 Å². The summed E-state index contributed by atoms with van der Waals surface area (Å²) in [6.07, 6.45) is 11.9. The van der Waals surface area contributed by atoms with E-state index in [0.717, 1.165) is 5.82 Å². The number of imidazole rings is 3. The van der Waals surface area contributed by atoms with E-state index < -0.39 is 0 Å². The first kappa shape index (κ1) is 39.6. The third-order valence-corrected chi connectivity index (χ3v) is 10.2. The van der Waals surface area contributed by atoms with Crippen molar-refractivity contribution in [1.29, 1.82) is 0 Å². The largest absolute Gasteiger partial charge is 0.338 e. The monoisotopic (exact) mass is 672 g/mol. The summed E-state index contributed by atoms with van der Waals surface area (Å²) in [5.41, 5.74) is 4.77. The Bertz CT molecular complexity index is 1480. The molecule has 0 radical (unpaired) electrons. The van der Waals surface area contributed by atoms with Gasteiger partial charge in [0.1, 0.15) is 43.7 Å². The second-order valence-corrected chi connectivity index (χ2v) is 14.2. The van der Waals surface area contributed by atoms with Crippen LogP contribution in [-0.4, -0.2) is 18.7 Å². The van der Waals surface area contributed by atoms with Gasteiger partial charge in [0.25, 0.3) is 11.6 Å². The van der Waals surface area contributed by atoms with E-state index in [1.807, 2.05) is 65.3 Å². The normalized spacial score (nSPS) is 9.67. The average Bonchev–Trinajstić information content (AvgIpc) is 3.87. The van der Waals surface area contributed by atoms with Crippen molar-refractivity contribution in [3.63, 3.8) is 0 Å². The first-order chi connectivity index (χ1) is 21.1. The summed E-state index contributed by atoms with van der Waals surface area (Å²) in [5, 5.41) is 5.50. The van der Waals surface area contributed by atoms with E-state index in [0.29, 0.717) is 0 Å². The Morgan fingerprint density at radius 2 is 1.36 bits per heavy atom. The van der Waals surface area contributed by atoms with Crippen LogP contribution in [0, 0.1) is 55.4 Å². The van der Waals surface area contributed by atoms with Crippen LogP contribution in [-0.2, 0) is 49.3 Å². The molecule has 6 heterocycles. The fourth-order valence-corrected chi connectivity index (χ4v) is 5.40. The number of thiazole rings is 2. The summed E-state index contributed by atoms with van der Waals surface area (Å²) in [5.74, 6) is 3.63. The molecule has 0 spiro atoms. The molecule has 45 heavy (non-hydrogen) atoms. The van der Waals surface area contributed by atoms with Gasteiger partial charge in [-0.25, -0.2) is 23.3 Å². The molecular weight excluding hydrogens is 617 g/mol. The van der Waals surface area contributed by atoms with Crippen molar-refractivity contribution in [2.45, 2.75) is 55.4 Å². The van der Waals surface area contributed by atoms with Crippen molar-refractivity contribution >= 4 is 34.0 Å². The number of aryl methyl sites for hydroxylation is 9. The molecule has 246 valence electrons. The molecule has 0 N–H and O–H groups in total. The summed E-state index contributed by atoms with van der Waals surface area (Å²) >= 11 is 5.31. The predicted octanol–water partition coefficient (Wildman–Crippen LogP) is 5.48. The van der Waals surface area contributed by atoms with Crippen LogP contribution < -0.4 is 18.3 Å². The highest BCUT2D eigenvalue weighted by atomic mass is 32.1. The first-order valence-corrected chi connectivity index (χ1v) is 17.4. The second-order valence-electron chi connectivity index (χ2n) is 10.9. The second kappa shape index (κ2) is 19.9. The minimum Gasteiger partial charge on any atom is -0.338 e. The zero-order valence-electron chi connectivity index (χ0n) is 30.2. The van der Waals surface area contributed by atoms with Crippen LogP contribution in [0.4, 0.5) is 0 Å². The van der Waals surface area contributed by atoms with Gasteiger partial charge in [-0.15, -0.1) is 11.3 Å². The van der Waals surface area contributed by atoms with Gasteiger partial charge in [0.15, 0.2) is 12.4 Å². The number of aromatic nitrogens is 8. The lowest BCUT2D eigenvalue weighted by Gasteiger charge is -1.87. The molecule has 6 rings (SSSR count). The molecule has 0 unspecified atom stereocenters. The SMILES string of the molecule is Cc1c(C)[n+](C)c(C)n1C.Cc1c[n+](C)cs1.Cc1cccs1.Cc1n(C)cc[n+]1C.Cc1nccn1C.Cc1scc[n+]1C. The van der Waals surface area contributed by atoms with Gasteiger partial charge in [-0.05, 0) is 32.2 Å². The molecule has 8 nitrogen and oxygen atoms in total. The Labute approximate surface area is 283 Å². The molecular formula is C34H56N8S3+4. The van der Waals surface area contributed by atoms with Crippen molar-refractivity contribution < 1.29 is 18.3 Å². The van der Waals surface area contributed by atoms with Gasteiger partial charge in [-0.3, -0.25) is 0 Å². The maximum absolute atomic E-state index is 3.98. The highest BCUT2D eigenvalue weighted by molar-refractivity contribution is 7.10. The Hall–Kier alpha value is -3.41. The molecule has 0 saturated carbocycles. The highest BCUT2D eigenvalue weighted by Crippen LogP contribution is 2.04. The molecule has 11 heteroatoms. The van der Waals surface area contributed by atoms with Crippen LogP contribution in [0.25, 0.3) is 0 Å².